The van der Waals surface area contributed by atoms with Crippen LogP contribution in [0.3, 0.4) is 0 Å². The van der Waals surface area contributed by atoms with Crippen molar-refractivity contribution in [2.24, 2.45) is 0 Å². The lowest BCUT2D eigenvalue weighted by molar-refractivity contribution is 0.477. The Kier molecular flexibility index (Phi) is 5.15. The van der Waals surface area contributed by atoms with Gasteiger partial charge in [-0.25, -0.2) is 18.1 Å². The number of anilines is 1. The Morgan fingerprint density at radius 1 is 1.04 bits per heavy atom. The largest absolute Gasteiger partial charge is 0.355 e. The number of pyridine rings is 1. The van der Waals surface area contributed by atoms with Crippen LogP contribution in [0.1, 0.15) is 18.4 Å². The Bertz CT molecular complexity index is 1030. The van der Waals surface area contributed by atoms with Crippen LogP contribution in [0.4, 0.5) is 5.82 Å². The highest BCUT2D eigenvalue weighted by Crippen LogP contribution is 2.22. The first kappa shape index (κ1) is 18.6. The van der Waals surface area contributed by atoms with E-state index in [9.17, 15) is 8.42 Å². The lowest BCUT2D eigenvalue weighted by Crippen LogP contribution is -2.28. The second kappa shape index (κ2) is 7.73. The lowest BCUT2D eigenvalue weighted by atomic mass is 10.3. The van der Waals surface area contributed by atoms with Crippen molar-refractivity contribution in [2.45, 2.75) is 24.3 Å². The Morgan fingerprint density at radius 2 is 1.79 bits per heavy atom. The SMILES string of the molecule is CN(Cc1cnn(-c2ccccc2)c1)c1ccc(S(=O)(=O)N2CCCC2)cn1. The maximum atomic E-state index is 12.6. The maximum Gasteiger partial charge on any atom is 0.244 e. The number of nitrogens with zero attached hydrogens (tertiary/aromatic N) is 5. The minimum Gasteiger partial charge on any atom is -0.355 e. The van der Waals surface area contributed by atoms with Crippen molar-refractivity contribution in [1.29, 1.82) is 0 Å². The fourth-order valence-corrected chi connectivity index (χ4v) is 4.81. The number of aromatic nitrogens is 3. The number of hydrogen-bond donors (Lipinski definition) is 0. The molecule has 7 nitrogen and oxygen atoms in total. The lowest BCUT2D eigenvalue weighted by Gasteiger charge is -2.19. The minimum atomic E-state index is -3.43. The summed E-state index contributed by atoms with van der Waals surface area (Å²) < 4.78 is 28.6. The van der Waals surface area contributed by atoms with Gasteiger partial charge in [-0.2, -0.15) is 9.40 Å². The fraction of sp³-hybridized carbons (Fsp3) is 0.300. The van der Waals surface area contributed by atoms with Crippen LogP contribution in [0.15, 0.2) is 66.0 Å². The van der Waals surface area contributed by atoms with E-state index in [4.69, 9.17) is 0 Å². The van der Waals surface area contributed by atoms with Crippen LogP contribution in [0.2, 0.25) is 0 Å². The number of rotatable bonds is 6. The molecular formula is C20H23N5O2S. The summed E-state index contributed by atoms with van der Waals surface area (Å²) in [6.07, 6.45) is 7.11. The molecule has 0 spiro atoms. The molecule has 2 aromatic heterocycles. The molecule has 0 saturated carbocycles. The molecule has 1 aromatic carbocycles. The van der Waals surface area contributed by atoms with Gasteiger partial charge in [0.15, 0.2) is 0 Å². The zero-order chi connectivity index (χ0) is 19.6. The van der Waals surface area contributed by atoms with Crippen LogP contribution in [-0.4, -0.2) is 47.6 Å². The van der Waals surface area contributed by atoms with E-state index >= 15 is 0 Å². The van der Waals surface area contributed by atoms with Gasteiger partial charge >= 0.3 is 0 Å². The van der Waals surface area contributed by atoms with E-state index in [-0.39, 0.29) is 4.90 Å². The molecule has 0 bridgehead atoms. The Labute approximate surface area is 165 Å². The summed E-state index contributed by atoms with van der Waals surface area (Å²) in [7, 11) is -1.50. The average Bonchev–Trinajstić information content (AvgIpc) is 3.41. The van der Waals surface area contributed by atoms with Crippen molar-refractivity contribution in [3.63, 3.8) is 0 Å². The number of benzene rings is 1. The first-order chi connectivity index (χ1) is 13.5. The van der Waals surface area contributed by atoms with Crippen molar-refractivity contribution in [2.75, 3.05) is 25.0 Å². The smallest absolute Gasteiger partial charge is 0.244 e. The predicted octanol–water partition coefficient (Wildman–Crippen LogP) is 2.69. The molecule has 3 heterocycles. The third-order valence-corrected chi connectivity index (χ3v) is 6.77. The molecule has 0 unspecified atom stereocenters. The predicted molar refractivity (Wildman–Crippen MR) is 108 cm³/mol. The van der Waals surface area contributed by atoms with Crippen LogP contribution in [0, 0.1) is 0 Å². The molecular weight excluding hydrogens is 374 g/mol. The minimum absolute atomic E-state index is 0.253. The van der Waals surface area contributed by atoms with Gasteiger partial charge < -0.3 is 4.90 Å². The molecule has 146 valence electrons. The third kappa shape index (κ3) is 3.79. The first-order valence-electron chi connectivity index (χ1n) is 9.30. The Morgan fingerprint density at radius 3 is 2.46 bits per heavy atom. The molecule has 0 amide bonds. The third-order valence-electron chi connectivity index (χ3n) is 4.89. The molecule has 0 N–H and O–H groups in total. The highest BCUT2D eigenvalue weighted by atomic mass is 32.2. The quantitative estimate of drug-likeness (QED) is 0.640. The summed E-state index contributed by atoms with van der Waals surface area (Å²) in [5.74, 6) is 0.716. The summed E-state index contributed by atoms with van der Waals surface area (Å²) in [6.45, 7) is 1.81. The van der Waals surface area contributed by atoms with Crippen molar-refractivity contribution in [3.05, 3.63) is 66.6 Å². The standard InChI is InChI=1S/C20H23N5O2S/c1-23(15-17-13-22-25(16-17)18-7-3-2-4-8-18)20-10-9-19(14-21-20)28(26,27)24-11-5-6-12-24/h2-4,7-10,13-14,16H,5-6,11-12,15H2,1H3. The van der Waals surface area contributed by atoms with Gasteiger partial charge in [0, 0.05) is 44.6 Å². The van der Waals surface area contributed by atoms with E-state index in [0.29, 0.717) is 25.5 Å². The normalized spacial score (nSPS) is 15.0. The molecule has 0 aliphatic carbocycles. The van der Waals surface area contributed by atoms with E-state index in [0.717, 1.165) is 24.1 Å². The van der Waals surface area contributed by atoms with Gasteiger partial charge in [-0.05, 0) is 37.1 Å². The van der Waals surface area contributed by atoms with Gasteiger partial charge in [0.25, 0.3) is 0 Å². The molecule has 28 heavy (non-hydrogen) atoms. The number of sulfonamides is 1. The zero-order valence-electron chi connectivity index (χ0n) is 15.8. The van der Waals surface area contributed by atoms with E-state index in [1.54, 1.807) is 12.1 Å². The number of hydrogen-bond acceptors (Lipinski definition) is 5. The maximum absolute atomic E-state index is 12.6. The highest BCUT2D eigenvalue weighted by molar-refractivity contribution is 7.89. The van der Waals surface area contributed by atoms with Crippen molar-refractivity contribution in [1.82, 2.24) is 19.1 Å². The van der Waals surface area contributed by atoms with E-state index in [2.05, 4.69) is 10.1 Å². The summed E-state index contributed by atoms with van der Waals surface area (Å²) >= 11 is 0. The fourth-order valence-electron chi connectivity index (χ4n) is 3.35. The number of para-hydroxylation sites is 1. The summed E-state index contributed by atoms with van der Waals surface area (Å²) in [6, 6.07) is 13.3. The first-order valence-corrected chi connectivity index (χ1v) is 10.7. The van der Waals surface area contributed by atoms with E-state index in [1.807, 2.05) is 59.4 Å². The van der Waals surface area contributed by atoms with Crippen LogP contribution in [-0.2, 0) is 16.6 Å². The Balaban J connectivity index is 1.45. The van der Waals surface area contributed by atoms with Gasteiger partial charge in [-0.15, -0.1) is 0 Å². The molecule has 1 saturated heterocycles. The highest BCUT2D eigenvalue weighted by Gasteiger charge is 2.27. The molecule has 1 aliphatic rings. The van der Waals surface area contributed by atoms with E-state index in [1.165, 1.54) is 10.5 Å². The molecule has 1 aliphatic heterocycles. The monoisotopic (exact) mass is 397 g/mol. The summed E-state index contributed by atoms with van der Waals surface area (Å²) in [4.78, 5) is 6.59. The zero-order valence-corrected chi connectivity index (χ0v) is 16.6. The van der Waals surface area contributed by atoms with E-state index < -0.39 is 10.0 Å². The van der Waals surface area contributed by atoms with Crippen molar-refractivity contribution >= 4 is 15.8 Å². The van der Waals surface area contributed by atoms with Crippen LogP contribution < -0.4 is 4.90 Å². The van der Waals surface area contributed by atoms with Gasteiger partial charge in [-0.3, -0.25) is 0 Å². The van der Waals surface area contributed by atoms with Crippen LogP contribution in [0.5, 0.6) is 0 Å². The van der Waals surface area contributed by atoms with Crippen LogP contribution in [0.25, 0.3) is 5.69 Å². The second-order valence-corrected chi connectivity index (χ2v) is 8.89. The molecule has 0 radical (unpaired) electrons. The van der Waals surface area contributed by atoms with Crippen molar-refractivity contribution < 1.29 is 8.42 Å². The molecule has 0 atom stereocenters. The van der Waals surface area contributed by atoms with Crippen molar-refractivity contribution in [3.8, 4) is 5.69 Å². The summed E-state index contributed by atoms with van der Waals surface area (Å²) in [5.41, 5.74) is 2.05. The van der Waals surface area contributed by atoms with Gasteiger partial charge in [0.2, 0.25) is 10.0 Å². The second-order valence-electron chi connectivity index (χ2n) is 6.95. The topological polar surface area (TPSA) is 71.3 Å². The average molecular weight is 398 g/mol. The Hall–Kier alpha value is -2.71. The molecule has 8 heteroatoms. The van der Waals surface area contributed by atoms with Crippen LogP contribution >= 0.6 is 0 Å². The molecule has 4 rings (SSSR count). The van der Waals surface area contributed by atoms with Gasteiger partial charge in [0.1, 0.15) is 10.7 Å². The molecule has 3 aromatic rings. The van der Waals surface area contributed by atoms with Gasteiger partial charge in [-0.1, -0.05) is 18.2 Å². The van der Waals surface area contributed by atoms with Gasteiger partial charge in [0.05, 0.1) is 11.9 Å². The summed E-state index contributed by atoms with van der Waals surface area (Å²) in [5, 5.41) is 4.41. The molecule has 1 fully saturated rings.